The molecule has 212 valence electrons. The van der Waals surface area contributed by atoms with E-state index in [1.165, 1.54) is 6.07 Å². The highest BCUT2D eigenvalue weighted by Gasteiger charge is 2.74. The Bertz CT molecular complexity index is 1260. The fourth-order valence-electron chi connectivity index (χ4n) is 10.1. The fraction of sp³-hybridized carbons (Fsp3) is 0.656. The first-order valence-electron chi connectivity index (χ1n) is 14.5. The van der Waals surface area contributed by atoms with Gasteiger partial charge in [0.05, 0.1) is 18.3 Å². The molecule has 1 aromatic rings. The third-order valence-electron chi connectivity index (χ3n) is 12.2. The average molecular weight is 542 g/mol. The van der Waals surface area contributed by atoms with Crippen LogP contribution in [-0.2, 0) is 0 Å². The summed E-state index contributed by atoms with van der Waals surface area (Å²) in [5.74, 6) is -2.20. The molecule has 7 rings (SSSR count). The number of halogens is 2. The largest absolute Gasteiger partial charge is 0.395 e. The smallest absolute Gasteiger partial charge is 0.189 e. The predicted molar refractivity (Wildman–Crippen MR) is 144 cm³/mol. The van der Waals surface area contributed by atoms with Crippen molar-refractivity contribution in [1.82, 2.24) is 4.90 Å². The van der Waals surface area contributed by atoms with Crippen molar-refractivity contribution in [3.8, 4) is 0 Å². The molecule has 0 radical (unpaired) electrons. The summed E-state index contributed by atoms with van der Waals surface area (Å²) >= 11 is 0. The second-order valence-electron chi connectivity index (χ2n) is 13.7. The summed E-state index contributed by atoms with van der Waals surface area (Å²) in [5, 5.41) is 32.5. The van der Waals surface area contributed by atoms with Crippen molar-refractivity contribution in [2.75, 3.05) is 26.7 Å². The number of Topliss-reactive ketones (excluding diaryl/α,β-unsaturated/α-hetero) is 1. The van der Waals surface area contributed by atoms with E-state index in [1.807, 2.05) is 11.9 Å². The molecule has 8 atom stereocenters. The first-order chi connectivity index (χ1) is 18.4. The summed E-state index contributed by atoms with van der Waals surface area (Å²) in [6.45, 7) is 5.41. The van der Waals surface area contributed by atoms with Crippen molar-refractivity contribution in [3.63, 3.8) is 0 Å². The number of aliphatic hydroxyl groups excluding tert-OH is 2. The van der Waals surface area contributed by atoms with Crippen LogP contribution in [0, 0.1) is 45.1 Å². The Balaban J connectivity index is 1.51. The third-order valence-corrected chi connectivity index (χ3v) is 12.2. The molecule has 7 heteroatoms. The zero-order valence-electron chi connectivity index (χ0n) is 23.2. The highest BCUT2D eigenvalue weighted by atomic mass is 19.2. The van der Waals surface area contributed by atoms with Crippen molar-refractivity contribution in [2.24, 2.45) is 33.5 Å². The Kier molecular flexibility index (Phi) is 6.14. The molecule has 3 fully saturated rings. The predicted octanol–water partition coefficient (Wildman–Crippen LogP) is 4.66. The van der Waals surface area contributed by atoms with Gasteiger partial charge in [-0.2, -0.15) is 0 Å². The summed E-state index contributed by atoms with van der Waals surface area (Å²) in [5.41, 5.74) is -2.00. The molecule has 6 aliphatic carbocycles. The molecule has 5 nitrogen and oxygen atoms in total. The zero-order chi connectivity index (χ0) is 28.0. The van der Waals surface area contributed by atoms with Crippen molar-refractivity contribution >= 4 is 5.78 Å². The molecule has 0 amide bonds. The standard InChI is InChI=1S/C32H41F2NO4/c1-28-9-6-21(37)17-30(28)12-13-32(22(18-30)27(38)20-4-5-23(33)24(34)16-20)25(28)7-10-29(2)26(32)8-11-31(29,39)19-35(3)14-15-36/h4-5,12-13,16,18,21,25-26,36-37,39H,6-11,14-15,17,19H2,1-3H3. The maximum atomic E-state index is 14.3. The number of carbonyl (C=O) groups is 1. The summed E-state index contributed by atoms with van der Waals surface area (Å²) in [6.07, 6.45) is 11.2. The number of hydrogen-bond donors (Lipinski definition) is 3. The van der Waals surface area contributed by atoms with E-state index in [9.17, 15) is 28.9 Å². The van der Waals surface area contributed by atoms with Crippen molar-refractivity contribution < 1.29 is 28.9 Å². The average Bonchev–Trinajstić information content (AvgIpc) is 3.15. The Morgan fingerprint density at radius 2 is 1.72 bits per heavy atom. The minimum absolute atomic E-state index is 0.0172. The summed E-state index contributed by atoms with van der Waals surface area (Å²) in [4.78, 5) is 16.3. The normalized spacial score (nSPS) is 44.1. The molecule has 0 aromatic heterocycles. The number of allylic oxidation sites excluding steroid dienone is 4. The SMILES string of the molecule is CN(CCO)CC1(O)CCC2C34C=CC5(C=C3C(=O)c3ccc(F)c(F)c3)CC(O)CCC5(C)C4CCC21C. The minimum atomic E-state index is -1.04. The Morgan fingerprint density at radius 1 is 1.03 bits per heavy atom. The highest BCUT2D eigenvalue weighted by molar-refractivity contribution is 6.10. The Hall–Kier alpha value is -1.93. The number of aliphatic hydroxyl groups is 3. The molecule has 0 aliphatic heterocycles. The molecular formula is C32H41F2NO4. The number of rotatable bonds is 6. The Labute approximate surface area is 229 Å². The summed E-state index contributed by atoms with van der Waals surface area (Å²) in [6, 6.07) is 3.38. The van der Waals surface area contributed by atoms with Crippen molar-refractivity contribution in [1.29, 1.82) is 0 Å². The molecule has 8 unspecified atom stereocenters. The van der Waals surface area contributed by atoms with Gasteiger partial charge in [0, 0.05) is 40.5 Å². The number of nitrogens with zero attached hydrogens (tertiary/aromatic N) is 1. The van der Waals surface area contributed by atoms with E-state index in [2.05, 4.69) is 32.1 Å². The molecule has 2 bridgehead atoms. The van der Waals surface area contributed by atoms with Gasteiger partial charge in [0.15, 0.2) is 17.4 Å². The van der Waals surface area contributed by atoms with E-state index in [0.717, 1.165) is 44.2 Å². The van der Waals surface area contributed by atoms with Crippen LogP contribution in [0.2, 0.25) is 0 Å². The van der Waals surface area contributed by atoms with E-state index < -0.39 is 39.6 Å². The lowest BCUT2D eigenvalue weighted by molar-refractivity contribution is -0.175. The molecular weight excluding hydrogens is 500 g/mol. The second-order valence-corrected chi connectivity index (χ2v) is 13.7. The second kappa shape index (κ2) is 8.78. The number of likely N-dealkylation sites (N-methyl/N-ethyl adjacent to an activating group) is 1. The van der Waals surface area contributed by atoms with Crippen LogP contribution >= 0.6 is 0 Å². The number of hydrogen-bond acceptors (Lipinski definition) is 5. The maximum Gasteiger partial charge on any atom is 0.189 e. The molecule has 0 saturated heterocycles. The molecule has 3 N–H and O–H groups in total. The lowest BCUT2D eigenvalue weighted by Gasteiger charge is -2.71. The van der Waals surface area contributed by atoms with Gasteiger partial charge in [0.2, 0.25) is 0 Å². The van der Waals surface area contributed by atoms with Crippen LogP contribution in [0.4, 0.5) is 8.78 Å². The lowest BCUT2D eigenvalue weighted by Crippen LogP contribution is -2.67. The summed E-state index contributed by atoms with van der Waals surface area (Å²) in [7, 11) is 1.91. The molecule has 39 heavy (non-hydrogen) atoms. The minimum Gasteiger partial charge on any atom is -0.395 e. The van der Waals surface area contributed by atoms with Gasteiger partial charge in [-0.05, 0) is 87.4 Å². The fourth-order valence-corrected chi connectivity index (χ4v) is 10.1. The third kappa shape index (κ3) is 3.46. The van der Waals surface area contributed by atoms with Gasteiger partial charge >= 0.3 is 0 Å². The number of carbonyl (C=O) groups excluding carboxylic acids is 1. The molecule has 0 heterocycles. The van der Waals surface area contributed by atoms with Crippen LogP contribution < -0.4 is 0 Å². The van der Waals surface area contributed by atoms with Gasteiger partial charge in [-0.15, -0.1) is 0 Å². The van der Waals surface area contributed by atoms with Gasteiger partial charge in [0.1, 0.15) is 0 Å². The quantitative estimate of drug-likeness (QED) is 0.361. The molecule has 6 aliphatic rings. The Morgan fingerprint density at radius 3 is 2.44 bits per heavy atom. The van der Waals surface area contributed by atoms with E-state index in [1.54, 1.807) is 0 Å². The van der Waals surface area contributed by atoms with E-state index in [-0.39, 0.29) is 35.2 Å². The van der Waals surface area contributed by atoms with Crippen molar-refractivity contribution in [3.05, 3.63) is 59.2 Å². The topological polar surface area (TPSA) is 81.0 Å². The summed E-state index contributed by atoms with van der Waals surface area (Å²) < 4.78 is 28.1. The molecule has 2 spiro atoms. The van der Waals surface area contributed by atoms with Gasteiger partial charge in [-0.3, -0.25) is 4.79 Å². The van der Waals surface area contributed by atoms with E-state index >= 15 is 0 Å². The van der Waals surface area contributed by atoms with Crippen molar-refractivity contribution in [2.45, 2.75) is 70.5 Å². The first kappa shape index (κ1) is 27.3. The van der Waals surface area contributed by atoms with Gasteiger partial charge in [-0.1, -0.05) is 32.1 Å². The van der Waals surface area contributed by atoms with Gasteiger partial charge in [-0.25, -0.2) is 8.78 Å². The first-order valence-corrected chi connectivity index (χ1v) is 14.5. The van der Waals surface area contributed by atoms with Crippen LogP contribution in [0.1, 0.15) is 69.2 Å². The van der Waals surface area contributed by atoms with E-state index in [0.29, 0.717) is 31.5 Å². The lowest BCUT2D eigenvalue weighted by atomic mass is 9.32. The van der Waals surface area contributed by atoms with Crippen LogP contribution in [0.5, 0.6) is 0 Å². The van der Waals surface area contributed by atoms with Gasteiger partial charge < -0.3 is 20.2 Å². The maximum absolute atomic E-state index is 14.3. The number of ketones is 1. The zero-order valence-corrected chi connectivity index (χ0v) is 23.2. The van der Waals surface area contributed by atoms with Crippen LogP contribution in [0.15, 0.2) is 42.0 Å². The highest BCUT2D eigenvalue weighted by Crippen LogP contribution is 2.78. The van der Waals surface area contributed by atoms with E-state index in [4.69, 9.17) is 0 Å². The molecule has 1 aromatic carbocycles. The number of fused-ring (bicyclic) bond motifs is 1. The van der Waals surface area contributed by atoms with Gasteiger partial charge in [0.25, 0.3) is 0 Å². The number of benzene rings is 1. The van der Waals surface area contributed by atoms with Crippen LogP contribution in [0.3, 0.4) is 0 Å². The molecule has 3 saturated carbocycles. The monoisotopic (exact) mass is 541 g/mol. The van der Waals surface area contributed by atoms with Crippen LogP contribution in [-0.4, -0.2) is 64.5 Å². The van der Waals surface area contributed by atoms with Crippen LogP contribution in [0.25, 0.3) is 0 Å².